The van der Waals surface area contributed by atoms with E-state index in [-0.39, 0.29) is 6.04 Å². The second kappa shape index (κ2) is 6.50. The van der Waals surface area contributed by atoms with Crippen molar-refractivity contribution in [3.63, 3.8) is 0 Å². The zero-order chi connectivity index (χ0) is 15.5. The van der Waals surface area contributed by atoms with Crippen molar-refractivity contribution in [3.8, 4) is 0 Å². The summed E-state index contributed by atoms with van der Waals surface area (Å²) in [5.41, 5.74) is 0. The van der Waals surface area contributed by atoms with Crippen LogP contribution in [0.15, 0.2) is 24.9 Å². The van der Waals surface area contributed by atoms with Crippen molar-refractivity contribution in [2.75, 3.05) is 17.7 Å². The molecule has 0 radical (unpaired) electrons. The first-order valence-electron chi connectivity index (χ1n) is 7.26. The minimum Gasteiger partial charge on any atom is -0.391 e. The molecule has 8 heteroatoms. The molecule has 1 aliphatic carbocycles. The number of aromatic nitrogens is 4. The molecule has 2 aromatic rings. The van der Waals surface area contributed by atoms with Gasteiger partial charge in [0, 0.05) is 26.0 Å². The Hall–Kier alpha value is -1.86. The molecule has 2 aromatic heterocycles. The fourth-order valence-corrected chi connectivity index (χ4v) is 3.08. The summed E-state index contributed by atoms with van der Waals surface area (Å²) in [7, 11) is 1.75. The third-order valence-corrected chi connectivity index (χ3v) is 4.23. The summed E-state index contributed by atoms with van der Waals surface area (Å²) in [4.78, 5) is 12.5. The molecular formula is C14H19ClN6O. The lowest BCUT2D eigenvalue weighted by molar-refractivity contribution is 0.166. The highest BCUT2D eigenvalue weighted by molar-refractivity contribution is 6.32. The molecule has 1 fully saturated rings. The number of aliphatic hydroxyl groups excluding tert-OH is 1. The fourth-order valence-electron chi connectivity index (χ4n) is 2.89. The molecule has 1 aliphatic rings. The molecule has 0 spiro atoms. The van der Waals surface area contributed by atoms with E-state index in [9.17, 15) is 5.11 Å². The monoisotopic (exact) mass is 322 g/mol. The summed E-state index contributed by atoms with van der Waals surface area (Å²) in [6, 6.07) is -0.0561. The summed E-state index contributed by atoms with van der Waals surface area (Å²) >= 11 is 5.97. The number of rotatable bonds is 5. The van der Waals surface area contributed by atoms with E-state index in [4.69, 9.17) is 11.6 Å². The maximum atomic E-state index is 10.2. The first-order chi connectivity index (χ1) is 10.7. The molecule has 3 rings (SSSR count). The summed E-state index contributed by atoms with van der Waals surface area (Å²) in [6.45, 7) is 0.860. The highest BCUT2D eigenvalue weighted by Crippen LogP contribution is 2.29. The first kappa shape index (κ1) is 15.1. The van der Waals surface area contributed by atoms with Crippen molar-refractivity contribution in [1.29, 1.82) is 0 Å². The van der Waals surface area contributed by atoms with Crippen LogP contribution in [0.1, 0.15) is 12.8 Å². The van der Waals surface area contributed by atoms with Gasteiger partial charge < -0.3 is 20.3 Å². The maximum absolute atomic E-state index is 10.2. The summed E-state index contributed by atoms with van der Waals surface area (Å²) in [6.07, 6.45) is 8.26. The normalized spacial score (nSPS) is 24.4. The molecule has 118 valence electrons. The lowest BCUT2D eigenvalue weighted by Crippen LogP contribution is -2.29. The van der Waals surface area contributed by atoms with Crippen LogP contribution in [0.5, 0.6) is 0 Å². The number of aliphatic hydroxyl groups is 1. The zero-order valence-corrected chi connectivity index (χ0v) is 13.0. The molecule has 0 bridgehead atoms. The van der Waals surface area contributed by atoms with Crippen molar-refractivity contribution in [1.82, 2.24) is 19.5 Å². The van der Waals surface area contributed by atoms with Crippen LogP contribution in [0.25, 0.3) is 0 Å². The lowest BCUT2D eigenvalue weighted by atomic mass is 10.1. The van der Waals surface area contributed by atoms with Gasteiger partial charge in [0.15, 0.2) is 0 Å². The Morgan fingerprint density at radius 2 is 2.32 bits per heavy atom. The van der Waals surface area contributed by atoms with Crippen molar-refractivity contribution in [2.45, 2.75) is 31.5 Å². The van der Waals surface area contributed by atoms with Crippen LogP contribution in [0, 0.1) is 5.92 Å². The van der Waals surface area contributed by atoms with E-state index in [1.54, 1.807) is 25.8 Å². The molecule has 7 nitrogen and oxygen atoms in total. The topological polar surface area (TPSA) is 87.9 Å². The van der Waals surface area contributed by atoms with Gasteiger partial charge in [0.05, 0.1) is 24.7 Å². The van der Waals surface area contributed by atoms with Gasteiger partial charge >= 0.3 is 0 Å². The maximum Gasteiger partial charge on any atom is 0.225 e. The van der Waals surface area contributed by atoms with Crippen LogP contribution in [-0.4, -0.2) is 43.8 Å². The number of hydrogen-bond donors (Lipinski definition) is 3. The van der Waals surface area contributed by atoms with E-state index in [1.807, 2.05) is 10.8 Å². The van der Waals surface area contributed by atoms with Gasteiger partial charge in [0.2, 0.25) is 5.95 Å². The van der Waals surface area contributed by atoms with E-state index in [2.05, 4.69) is 25.6 Å². The Balaban J connectivity index is 1.63. The number of halogens is 1. The van der Waals surface area contributed by atoms with Crippen molar-refractivity contribution >= 4 is 23.4 Å². The smallest absolute Gasteiger partial charge is 0.225 e. The SMILES string of the molecule is CNc1nc(N[C@@H]2CC(Cn3ccnc3)C[C@H]2O)ncc1Cl. The van der Waals surface area contributed by atoms with Gasteiger partial charge in [-0.1, -0.05) is 11.6 Å². The fraction of sp³-hybridized carbons (Fsp3) is 0.500. The van der Waals surface area contributed by atoms with Crippen LogP contribution in [0.2, 0.25) is 5.02 Å². The molecule has 22 heavy (non-hydrogen) atoms. The van der Waals surface area contributed by atoms with E-state index >= 15 is 0 Å². The lowest BCUT2D eigenvalue weighted by Gasteiger charge is -2.17. The second-order valence-corrected chi connectivity index (χ2v) is 5.96. The third kappa shape index (κ3) is 3.31. The molecule has 3 N–H and O–H groups in total. The molecule has 3 atom stereocenters. The quantitative estimate of drug-likeness (QED) is 0.775. The molecule has 1 unspecified atom stereocenters. The Labute approximate surface area is 133 Å². The Kier molecular flexibility index (Phi) is 4.44. The van der Waals surface area contributed by atoms with E-state index in [0.717, 1.165) is 19.4 Å². The number of hydrogen-bond acceptors (Lipinski definition) is 6. The molecular weight excluding hydrogens is 304 g/mol. The van der Waals surface area contributed by atoms with Crippen molar-refractivity contribution < 1.29 is 5.11 Å². The number of imidazole rings is 1. The highest BCUT2D eigenvalue weighted by atomic mass is 35.5. The molecule has 0 saturated heterocycles. The Morgan fingerprint density at radius 3 is 3.05 bits per heavy atom. The predicted molar refractivity (Wildman–Crippen MR) is 85.0 cm³/mol. The van der Waals surface area contributed by atoms with Crippen LogP contribution < -0.4 is 10.6 Å². The summed E-state index contributed by atoms with van der Waals surface area (Å²) in [5, 5.41) is 16.8. The third-order valence-electron chi connectivity index (χ3n) is 3.95. The van der Waals surface area contributed by atoms with Gasteiger partial charge in [-0.2, -0.15) is 4.98 Å². The van der Waals surface area contributed by atoms with Crippen LogP contribution >= 0.6 is 11.6 Å². The average molecular weight is 323 g/mol. The van der Waals surface area contributed by atoms with Gasteiger partial charge in [-0.05, 0) is 18.8 Å². The average Bonchev–Trinajstić information content (AvgIpc) is 3.12. The largest absolute Gasteiger partial charge is 0.391 e. The zero-order valence-electron chi connectivity index (χ0n) is 12.3. The first-order valence-corrected chi connectivity index (χ1v) is 7.64. The van der Waals surface area contributed by atoms with E-state index in [1.165, 1.54) is 0 Å². The molecule has 1 saturated carbocycles. The Bertz CT molecular complexity index is 620. The number of anilines is 2. The van der Waals surface area contributed by atoms with Crippen LogP contribution in [0.3, 0.4) is 0 Å². The van der Waals surface area contributed by atoms with Gasteiger partial charge in [-0.3, -0.25) is 0 Å². The molecule has 0 amide bonds. The second-order valence-electron chi connectivity index (χ2n) is 5.56. The van der Waals surface area contributed by atoms with Crippen molar-refractivity contribution in [2.24, 2.45) is 5.92 Å². The number of nitrogens with one attached hydrogen (secondary N) is 2. The molecule has 2 heterocycles. The standard InChI is InChI=1S/C14H19ClN6O/c1-16-13-10(15)6-18-14(20-13)19-11-4-9(5-12(11)22)7-21-3-2-17-8-21/h2-3,6,8-9,11-12,22H,4-5,7H2,1H3,(H2,16,18,19,20)/t9?,11-,12-/m1/s1. The van der Waals surface area contributed by atoms with Gasteiger partial charge in [0.25, 0.3) is 0 Å². The summed E-state index contributed by atoms with van der Waals surface area (Å²) in [5.74, 6) is 1.44. The van der Waals surface area contributed by atoms with Crippen molar-refractivity contribution in [3.05, 3.63) is 29.9 Å². The van der Waals surface area contributed by atoms with Gasteiger partial charge in [-0.25, -0.2) is 9.97 Å². The highest BCUT2D eigenvalue weighted by Gasteiger charge is 2.33. The summed E-state index contributed by atoms with van der Waals surface area (Å²) < 4.78 is 2.04. The number of nitrogens with zero attached hydrogens (tertiary/aromatic N) is 4. The van der Waals surface area contributed by atoms with E-state index < -0.39 is 6.10 Å². The molecule has 0 aliphatic heterocycles. The minimum absolute atomic E-state index is 0.0561. The van der Waals surface area contributed by atoms with E-state index in [0.29, 0.717) is 22.7 Å². The predicted octanol–water partition coefficient (Wildman–Crippen LogP) is 1.62. The van der Waals surface area contributed by atoms with Gasteiger partial charge in [-0.15, -0.1) is 0 Å². The molecule has 0 aromatic carbocycles. The van der Waals surface area contributed by atoms with Crippen LogP contribution in [0.4, 0.5) is 11.8 Å². The van der Waals surface area contributed by atoms with Crippen LogP contribution in [-0.2, 0) is 6.54 Å². The Morgan fingerprint density at radius 1 is 1.45 bits per heavy atom. The van der Waals surface area contributed by atoms with Gasteiger partial charge in [0.1, 0.15) is 10.8 Å². The minimum atomic E-state index is -0.411.